The van der Waals surface area contributed by atoms with Crippen LogP contribution in [0.25, 0.3) is 0 Å². The number of piperidine rings is 2. The van der Waals surface area contributed by atoms with Gasteiger partial charge in [-0.3, -0.25) is 4.79 Å². The van der Waals surface area contributed by atoms with Crippen LogP contribution in [0.15, 0.2) is 0 Å². The van der Waals surface area contributed by atoms with E-state index < -0.39 is 16.8 Å². The summed E-state index contributed by atoms with van der Waals surface area (Å²) in [6.45, 7) is 15.0. The summed E-state index contributed by atoms with van der Waals surface area (Å²) < 4.78 is 10.4. The van der Waals surface area contributed by atoms with Crippen molar-refractivity contribution in [1.82, 2.24) is 9.80 Å². The molecule has 0 aromatic rings. The first-order chi connectivity index (χ1) is 13.1. The van der Waals surface area contributed by atoms with E-state index in [0.29, 0.717) is 51.9 Å². The van der Waals surface area contributed by atoms with Gasteiger partial charge in [-0.2, -0.15) is 0 Å². The van der Waals surface area contributed by atoms with Gasteiger partial charge in [-0.05, 0) is 61.3 Å². The molecule has 0 unspecified atom stereocenters. The second-order valence-corrected chi connectivity index (χ2v) is 9.97. The van der Waals surface area contributed by atoms with Crippen molar-refractivity contribution in [2.45, 2.75) is 91.0 Å². The average molecular weight is 415 g/mol. The van der Waals surface area contributed by atoms with E-state index in [9.17, 15) is 19.5 Å². The van der Waals surface area contributed by atoms with Gasteiger partial charge in [0.25, 0.3) is 0 Å². The van der Waals surface area contributed by atoms with Crippen LogP contribution in [0.3, 0.4) is 0 Å². The Hall–Kier alpha value is -1.83. The highest BCUT2D eigenvalue weighted by Gasteiger charge is 2.31. The molecule has 2 fully saturated rings. The Labute approximate surface area is 174 Å². The third-order valence-corrected chi connectivity index (χ3v) is 4.47. The summed E-state index contributed by atoms with van der Waals surface area (Å²) >= 11 is 0. The van der Waals surface area contributed by atoms with Crippen molar-refractivity contribution < 1.29 is 29.0 Å². The van der Waals surface area contributed by atoms with Crippen molar-refractivity contribution >= 4 is 18.0 Å². The predicted molar refractivity (Wildman–Crippen MR) is 110 cm³/mol. The molecule has 0 radical (unpaired) electrons. The van der Waals surface area contributed by atoms with E-state index in [4.69, 9.17) is 9.47 Å². The van der Waals surface area contributed by atoms with Gasteiger partial charge in [-0.25, -0.2) is 9.59 Å². The minimum Gasteiger partial charge on any atom is -0.444 e. The van der Waals surface area contributed by atoms with Gasteiger partial charge in [0.05, 0.1) is 5.60 Å². The number of hydrogen-bond donors (Lipinski definition) is 1. The molecule has 2 amide bonds. The molecule has 0 aliphatic carbocycles. The zero-order chi connectivity index (χ0) is 22.5. The van der Waals surface area contributed by atoms with Crippen molar-refractivity contribution in [1.29, 1.82) is 0 Å². The highest BCUT2D eigenvalue weighted by molar-refractivity contribution is 5.81. The topological polar surface area (TPSA) is 96.4 Å². The van der Waals surface area contributed by atoms with Gasteiger partial charge in [-0.15, -0.1) is 0 Å². The second-order valence-electron chi connectivity index (χ2n) is 9.97. The van der Waals surface area contributed by atoms with E-state index in [2.05, 4.69) is 0 Å². The number of carbonyl (C=O) groups excluding carboxylic acids is 3. The minimum atomic E-state index is -0.626. The molecule has 2 aliphatic heterocycles. The molecule has 0 aromatic heterocycles. The van der Waals surface area contributed by atoms with Crippen LogP contribution < -0.4 is 0 Å². The third-order valence-electron chi connectivity index (χ3n) is 4.47. The maximum Gasteiger partial charge on any atom is 0.410 e. The molecule has 0 saturated carbocycles. The van der Waals surface area contributed by atoms with Crippen LogP contribution in [0, 0.1) is 0 Å². The van der Waals surface area contributed by atoms with Gasteiger partial charge < -0.3 is 24.4 Å². The Morgan fingerprint density at radius 3 is 1.52 bits per heavy atom. The summed E-state index contributed by atoms with van der Waals surface area (Å²) in [6, 6.07) is 0. The van der Waals surface area contributed by atoms with Crippen LogP contribution in [-0.4, -0.2) is 75.9 Å². The number of nitrogens with zero attached hydrogens (tertiary/aromatic N) is 2. The van der Waals surface area contributed by atoms with E-state index in [1.807, 2.05) is 41.5 Å². The van der Waals surface area contributed by atoms with Gasteiger partial charge in [-0.1, -0.05) is 0 Å². The van der Waals surface area contributed by atoms with Crippen LogP contribution in [0.2, 0.25) is 0 Å². The maximum absolute atomic E-state index is 11.6. The van der Waals surface area contributed by atoms with Crippen molar-refractivity contribution in [3.63, 3.8) is 0 Å². The smallest absolute Gasteiger partial charge is 0.410 e. The number of ketones is 1. The highest BCUT2D eigenvalue weighted by atomic mass is 16.6. The zero-order valence-electron chi connectivity index (χ0n) is 19.0. The van der Waals surface area contributed by atoms with Gasteiger partial charge >= 0.3 is 12.2 Å². The molecule has 0 aromatic carbocycles. The molecule has 8 nitrogen and oxygen atoms in total. The van der Waals surface area contributed by atoms with Crippen molar-refractivity contribution in [3.8, 4) is 0 Å². The van der Waals surface area contributed by atoms with Crippen LogP contribution >= 0.6 is 0 Å². The van der Waals surface area contributed by atoms with E-state index in [0.717, 1.165) is 0 Å². The zero-order valence-corrected chi connectivity index (χ0v) is 19.0. The fourth-order valence-electron chi connectivity index (χ4n) is 2.76. The number of Topliss-reactive ketones (excluding diaryl/α,β-unsaturated/α-hetero) is 1. The fraction of sp³-hybridized carbons (Fsp3) is 0.857. The monoisotopic (exact) mass is 414 g/mol. The Kier molecular flexibility index (Phi) is 8.50. The molecule has 0 atom stereocenters. The molecule has 1 N–H and O–H groups in total. The minimum absolute atomic E-state index is 0.227. The summed E-state index contributed by atoms with van der Waals surface area (Å²) in [7, 11) is 0. The largest absolute Gasteiger partial charge is 0.444 e. The van der Waals surface area contributed by atoms with Crippen molar-refractivity contribution in [2.24, 2.45) is 0 Å². The maximum atomic E-state index is 11.6. The fourth-order valence-corrected chi connectivity index (χ4v) is 2.76. The van der Waals surface area contributed by atoms with Crippen LogP contribution in [-0.2, 0) is 14.3 Å². The summed E-state index contributed by atoms with van der Waals surface area (Å²) in [4.78, 5) is 37.3. The molecule has 2 saturated heterocycles. The number of aliphatic hydroxyl groups is 1. The number of hydrogen-bond acceptors (Lipinski definition) is 6. The Balaban J connectivity index is 0.000000291. The van der Waals surface area contributed by atoms with Crippen LogP contribution in [0.5, 0.6) is 0 Å². The van der Waals surface area contributed by atoms with Gasteiger partial charge in [0, 0.05) is 39.0 Å². The van der Waals surface area contributed by atoms with Gasteiger partial charge in [0.1, 0.15) is 17.0 Å². The molecule has 29 heavy (non-hydrogen) atoms. The lowest BCUT2D eigenvalue weighted by atomic mass is 9.94. The van der Waals surface area contributed by atoms with Crippen LogP contribution in [0.1, 0.15) is 74.1 Å². The average Bonchev–Trinajstić information content (AvgIpc) is 2.52. The summed E-state index contributed by atoms with van der Waals surface area (Å²) in [5, 5.41) is 9.73. The SMILES string of the molecule is CC(C)(C)OC(=O)N1CCC(=O)CC1.CC1(O)CCN(C(=O)OC(C)(C)C)CC1. The lowest BCUT2D eigenvalue weighted by Crippen LogP contribution is -2.46. The lowest BCUT2D eigenvalue weighted by molar-refractivity contribution is -0.121. The molecule has 2 heterocycles. The Morgan fingerprint density at radius 2 is 1.17 bits per heavy atom. The van der Waals surface area contributed by atoms with Crippen molar-refractivity contribution in [3.05, 3.63) is 0 Å². The summed E-state index contributed by atoms with van der Waals surface area (Å²) in [5.41, 5.74) is -1.53. The Bertz CT molecular complexity index is 569. The molecule has 8 heteroatoms. The van der Waals surface area contributed by atoms with E-state index in [1.165, 1.54) is 0 Å². The number of carbonyl (C=O) groups is 3. The van der Waals surface area contributed by atoms with E-state index >= 15 is 0 Å². The second kappa shape index (κ2) is 9.78. The standard InChI is InChI=1S/C11H21NO3.C10H17NO3/c1-10(2,3)15-9(13)12-7-5-11(4,14)6-8-12;1-10(2,3)14-9(13)11-6-4-8(12)5-7-11/h14H,5-8H2,1-4H3;4-7H2,1-3H3. The predicted octanol–water partition coefficient (Wildman–Crippen LogP) is 3.35. The third kappa shape index (κ3) is 10.5. The van der Waals surface area contributed by atoms with Gasteiger partial charge in [0.15, 0.2) is 0 Å². The molecular weight excluding hydrogens is 376 g/mol. The van der Waals surface area contributed by atoms with Crippen molar-refractivity contribution in [2.75, 3.05) is 26.2 Å². The normalized spacial score (nSPS) is 19.8. The lowest BCUT2D eigenvalue weighted by Gasteiger charge is -2.36. The van der Waals surface area contributed by atoms with E-state index in [-0.39, 0.29) is 18.0 Å². The van der Waals surface area contributed by atoms with Gasteiger partial charge in [0.2, 0.25) is 0 Å². The highest BCUT2D eigenvalue weighted by Crippen LogP contribution is 2.22. The summed E-state index contributed by atoms with van der Waals surface area (Å²) in [5.74, 6) is 0.227. The first-order valence-electron chi connectivity index (χ1n) is 10.3. The first kappa shape index (κ1) is 25.2. The number of rotatable bonds is 0. The molecule has 2 aliphatic rings. The quantitative estimate of drug-likeness (QED) is 0.653. The Morgan fingerprint density at radius 1 is 0.828 bits per heavy atom. The molecule has 168 valence electrons. The first-order valence-corrected chi connectivity index (χ1v) is 10.3. The molecular formula is C21H38N2O6. The molecule has 2 rings (SSSR count). The van der Waals surface area contributed by atoms with E-state index in [1.54, 1.807) is 16.7 Å². The number of likely N-dealkylation sites (tertiary alicyclic amines) is 2. The molecule has 0 bridgehead atoms. The number of ether oxygens (including phenoxy) is 2. The molecule has 0 spiro atoms. The number of amides is 2. The summed E-state index contributed by atoms with van der Waals surface area (Å²) in [6.07, 6.45) is 1.56. The van der Waals surface area contributed by atoms with Crippen LogP contribution in [0.4, 0.5) is 9.59 Å².